The van der Waals surface area contributed by atoms with Crippen LogP contribution in [0.15, 0.2) is 48.5 Å². The van der Waals surface area contributed by atoms with E-state index in [0.717, 1.165) is 30.2 Å². The highest BCUT2D eigenvalue weighted by Crippen LogP contribution is 2.35. The summed E-state index contributed by atoms with van der Waals surface area (Å²) in [6.45, 7) is 1.76. The van der Waals surface area contributed by atoms with Gasteiger partial charge in [0.15, 0.2) is 0 Å². The molecule has 2 aromatic rings. The molecule has 18 heavy (non-hydrogen) atoms. The zero-order valence-electron chi connectivity index (χ0n) is 9.93. The Morgan fingerprint density at radius 3 is 2.56 bits per heavy atom. The zero-order chi connectivity index (χ0) is 12.4. The third kappa shape index (κ3) is 1.68. The van der Waals surface area contributed by atoms with Gasteiger partial charge in [-0.25, -0.2) is 0 Å². The second kappa shape index (κ2) is 4.42. The van der Waals surface area contributed by atoms with Crippen molar-refractivity contribution in [1.82, 2.24) is 0 Å². The zero-order valence-corrected chi connectivity index (χ0v) is 9.93. The predicted molar refractivity (Wildman–Crippen MR) is 73.1 cm³/mol. The molecule has 0 saturated heterocycles. The third-order valence-electron chi connectivity index (χ3n) is 3.16. The molecule has 3 nitrogen and oxygen atoms in total. The van der Waals surface area contributed by atoms with Crippen LogP contribution in [0.1, 0.15) is 5.56 Å². The van der Waals surface area contributed by atoms with Crippen LogP contribution in [0.5, 0.6) is 0 Å². The first-order valence-corrected chi connectivity index (χ1v) is 6.00. The van der Waals surface area contributed by atoms with Crippen LogP contribution in [-0.4, -0.2) is 13.1 Å². The van der Waals surface area contributed by atoms with E-state index in [1.807, 2.05) is 36.4 Å². The lowest BCUT2D eigenvalue weighted by atomic mass is 10.1. The minimum atomic E-state index is 0.717. The fourth-order valence-corrected chi connectivity index (χ4v) is 2.34. The van der Waals surface area contributed by atoms with E-state index < -0.39 is 0 Å². The number of rotatable bonds is 1. The van der Waals surface area contributed by atoms with E-state index >= 15 is 0 Å². The normalized spacial score (nSPS) is 13.4. The van der Waals surface area contributed by atoms with E-state index in [-0.39, 0.29) is 0 Å². The van der Waals surface area contributed by atoms with Crippen molar-refractivity contribution in [3.8, 4) is 6.07 Å². The van der Waals surface area contributed by atoms with Gasteiger partial charge in [0.2, 0.25) is 0 Å². The van der Waals surface area contributed by atoms with Crippen molar-refractivity contribution < 1.29 is 0 Å². The summed E-state index contributed by atoms with van der Waals surface area (Å²) in [5, 5.41) is 12.6. The topological polar surface area (TPSA) is 39.1 Å². The number of nitriles is 1. The molecule has 0 radical (unpaired) electrons. The standard InChI is InChI=1S/C15H13N3/c16-11-12-5-1-3-7-14(12)18-10-9-17-13-6-2-4-8-15(13)18/h1-8,17H,9-10H2. The Kier molecular flexibility index (Phi) is 2.62. The van der Waals surface area contributed by atoms with Crippen molar-refractivity contribution in [3.63, 3.8) is 0 Å². The molecule has 0 unspecified atom stereocenters. The van der Waals surface area contributed by atoms with Gasteiger partial charge in [-0.1, -0.05) is 24.3 Å². The van der Waals surface area contributed by atoms with Gasteiger partial charge < -0.3 is 10.2 Å². The largest absolute Gasteiger partial charge is 0.382 e. The van der Waals surface area contributed by atoms with Gasteiger partial charge in [0, 0.05) is 13.1 Å². The quantitative estimate of drug-likeness (QED) is 0.825. The molecule has 1 aliphatic rings. The molecule has 88 valence electrons. The molecule has 1 heterocycles. The molecule has 3 heteroatoms. The van der Waals surface area contributed by atoms with E-state index in [2.05, 4.69) is 28.4 Å². The monoisotopic (exact) mass is 235 g/mol. The molecule has 0 saturated carbocycles. The Labute approximate surface area is 106 Å². The van der Waals surface area contributed by atoms with Crippen LogP contribution in [0.25, 0.3) is 0 Å². The molecular weight excluding hydrogens is 222 g/mol. The van der Waals surface area contributed by atoms with Gasteiger partial charge in [0.1, 0.15) is 6.07 Å². The van der Waals surface area contributed by atoms with Crippen LogP contribution in [0.3, 0.4) is 0 Å². The summed E-state index contributed by atoms with van der Waals surface area (Å²) >= 11 is 0. The summed E-state index contributed by atoms with van der Waals surface area (Å²) in [6.07, 6.45) is 0. The van der Waals surface area contributed by atoms with E-state index in [4.69, 9.17) is 0 Å². The van der Waals surface area contributed by atoms with Crippen molar-refractivity contribution in [3.05, 3.63) is 54.1 Å². The first kappa shape index (κ1) is 10.7. The number of anilines is 3. The maximum absolute atomic E-state index is 9.20. The Hall–Kier alpha value is -2.47. The van der Waals surface area contributed by atoms with Gasteiger partial charge in [-0.15, -0.1) is 0 Å². The molecule has 0 bridgehead atoms. The Balaban J connectivity index is 2.12. The Bertz CT molecular complexity index is 613. The summed E-state index contributed by atoms with van der Waals surface area (Å²) in [4.78, 5) is 2.20. The number of fused-ring (bicyclic) bond motifs is 1. The van der Waals surface area contributed by atoms with Gasteiger partial charge in [-0.2, -0.15) is 5.26 Å². The lowest BCUT2D eigenvalue weighted by Gasteiger charge is -2.32. The van der Waals surface area contributed by atoms with Crippen molar-refractivity contribution in [2.45, 2.75) is 0 Å². The lowest BCUT2D eigenvalue weighted by molar-refractivity contribution is 0.925. The minimum absolute atomic E-state index is 0.717. The van der Waals surface area contributed by atoms with Crippen molar-refractivity contribution >= 4 is 17.1 Å². The number of nitrogens with zero attached hydrogens (tertiary/aromatic N) is 2. The van der Waals surface area contributed by atoms with Gasteiger partial charge in [-0.05, 0) is 24.3 Å². The van der Waals surface area contributed by atoms with Crippen LogP contribution in [-0.2, 0) is 0 Å². The highest BCUT2D eigenvalue weighted by atomic mass is 15.2. The minimum Gasteiger partial charge on any atom is -0.382 e. The fourth-order valence-electron chi connectivity index (χ4n) is 2.34. The van der Waals surface area contributed by atoms with Crippen LogP contribution in [0.4, 0.5) is 17.1 Å². The Morgan fingerprint density at radius 1 is 1.00 bits per heavy atom. The molecular formula is C15H13N3. The van der Waals surface area contributed by atoms with Crippen LogP contribution in [0.2, 0.25) is 0 Å². The highest BCUT2D eigenvalue weighted by molar-refractivity contribution is 5.80. The molecule has 0 spiro atoms. The average molecular weight is 235 g/mol. The van der Waals surface area contributed by atoms with E-state index in [1.165, 1.54) is 0 Å². The summed E-state index contributed by atoms with van der Waals surface area (Å²) in [5.74, 6) is 0. The van der Waals surface area contributed by atoms with Crippen molar-refractivity contribution in [1.29, 1.82) is 5.26 Å². The SMILES string of the molecule is N#Cc1ccccc1N1CCNc2ccccc21. The van der Waals surface area contributed by atoms with Crippen molar-refractivity contribution in [2.75, 3.05) is 23.3 Å². The van der Waals surface area contributed by atoms with Crippen LogP contribution in [0, 0.1) is 11.3 Å². The molecule has 1 N–H and O–H groups in total. The predicted octanol–water partition coefficient (Wildman–Crippen LogP) is 3.12. The third-order valence-corrected chi connectivity index (χ3v) is 3.16. The summed E-state index contributed by atoms with van der Waals surface area (Å²) in [5.41, 5.74) is 3.95. The summed E-state index contributed by atoms with van der Waals surface area (Å²) < 4.78 is 0. The summed E-state index contributed by atoms with van der Waals surface area (Å²) in [6, 6.07) is 18.2. The van der Waals surface area contributed by atoms with Crippen molar-refractivity contribution in [2.24, 2.45) is 0 Å². The molecule has 1 aliphatic heterocycles. The second-order valence-corrected chi connectivity index (χ2v) is 4.22. The molecule has 0 atom stereocenters. The molecule has 0 amide bonds. The first-order valence-electron chi connectivity index (χ1n) is 6.00. The molecule has 3 rings (SSSR count). The van der Waals surface area contributed by atoms with Crippen LogP contribution < -0.4 is 10.2 Å². The first-order chi connectivity index (χ1) is 8.90. The van der Waals surface area contributed by atoms with Gasteiger partial charge in [0.25, 0.3) is 0 Å². The molecule has 0 aliphatic carbocycles. The average Bonchev–Trinajstić information content (AvgIpc) is 2.46. The molecule has 0 aromatic heterocycles. The van der Waals surface area contributed by atoms with E-state index in [0.29, 0.717) is 5.56 Å². The van der Waals surface area contributed by atoms with E-state index in [1.54, 1.807) is 0 Å². The number of para-hydroxylation sites is 3. The van der Waals surface area contributed by atoms with Gasteiger partial charge >= 0.3 is 0 Å². The second-order valence-electron chi connectivity index (χ2n) is 4.22. The fraction of sp³-hybridized carbons (Fsp3) is 0.133. The maximum Gasteiger partial charge on any atom is 0.101 e. The highest BCUT2D eigenvalue weighted by Gasteiger charge is 2.19. The number of hydrogen-bond donors (Lipinski definition) is 1. The molecule has 2 aromatic carbocycles. The smallest absolute Gasteiger partial charge is 0.101 e. The number of benzene rings is 2. The maximum atomic E-state index is 9.20. The Morgan fingerprint density at radius 2 is 1.72 bits per heavy atom. The number of nitrogens with one attached hydrogen (secondary N) is 1. The van der Waals surface area contributed by atoms with Gasteiger partial charge in [-0.3, -0.25) is 0 Å². The van der Waals surface area contributed by atoms with Crippen LogP contribution >= 0.6 is 0 Å². The van der Waals surface area contributed by atoms with Gasteiger partial charge in [0.05, 0.1) is 22.6 Å². The lowest BCUT2D eigenvalue weighted by Crippen LogP contribution is -2.30. The summed E-state index contributed by atoms with van der Waals surface area (Å²) in [7, 11) is 0. The van der Waals surface area contributed by atoms with E-state index in [9.17, 15) is 5.26 Å². The number of hydrogen-bond acceptors (Lipinski definition) is 3. The molecule has 0 fully saturated rings.